The molecule has 0 aromatic heterocycles. The second kappa shape index (κ2) is 8.02. The van der Waals surface area contributed by atoms with Gasteiger partial charge in [-0.3, -0.25) is 9.69 Å². The fourth-order valence-electron chi connectivity index (χ4n) is 3.79. The van der Waals surface area contributed by atoms with Gasteiger partial charge in [0.2, 0.25) is 5.91 Å². The standard InChI is InChI=1S/C17H32N2O/c1-14(2)17(20)18-12-11-16-10-6-7-13-19(16)15-8-4-3-5-9-15/h14-16H,3-13H2,1-2H3,(H,18,20). The molecule has 1 heterocycles. The Hall–Kier alpha value is -0.570. The molecule has 2 fully saturated rings. The molecule has 3 nitrogen and oxygen atoms in total. The first-order valence-corrected chi connectivity index (χ1v) is 8.72. The first-order valence-electron chi connectivity index (χ1n) is 8.72. The third kappa shape index (κ3) is 4.47. The summed E-state index contributed by atoms with van der Waals surface area (Å²) in [5, 5.41) is 3.09. The molecular weight excluding hydrogens is 248 g/mol. The summed E-state index contributed by atoms with van der Waals surface area (Å²) in [4.78, 5) is 14.4. The largest absolute Gasteiger partial charge is 0.356 e. The van der Waals surface area contributed by atoms with Gasteiger partial charge in [-0.2, -0.15) is 0 Å². The van der Waals surface area contributed by atoms with E-state index in [1.165, 1.54) is 57.9 Å². The number of piperidine rings is 1. The van der Waals surface area contributed by atoms with Crippen LogP contribution in [0.15, 0.2) is 0 Å². The number of hydrogen-bond donors (Lipinski definition) is 1. The van der Waals surface area contributed by atoms with Gasteiger partial charge in [-0.1, -0.05) is 39.5 Å². The van der Waals surface area contributed by atoms with Crippen LogP contribution in [0, 0.1) is 5.92 Å². The van der Waals surface area contributed by atoms with Gasteiger partial charge in [-0.05, 0) is 38.6 Å². The summed E-state index contributed by atoms with van der Waals surface area (Å²) in [6, 6.07) is 1.54. The molecule has 20 heavy (non-hydrogen) atoms. The lowest BCUT2D eigenvalue weighted by Gasteiger charge is -2.43. The summed E-state index contributed by atoms with van der Waals surface area (Å²) in [6.45, 7) is 6.06. The Bertz CT molecular complexity index is 297. The molecule has 2 aliphatic rings. The SMILES string of the molecule is CC(C)C(=O)NCCC1CCCCN1C1CCCCC1. The second-order valence-electron chi connectivity index (χ2n) is 6.91. The molecule has 1 saturated carbocycles. The maximum absolute atomic E-state index is 11.6. The van der Waals surface area contributed by atoms with E-state index in [0.717, 1.165) is 19.0 Å². The molecule has 0 spiro atoms. The van der Waals surface area contributed by atoms with Crippen LogP contribution >= 0.6 is 0 Å². The first-order chi connectivity index (χ1) is 9.68. The van der Waals surface area contributed by atoms with Crippen molar-refractivity contribution in [2.75, 3.05) is 13.1 Å². The number of nitrogens with one attached hydrogen (secondary N) is 1. The topological polar surface area (TPSA) is 32.3 Å². The summed E-state index contributed by atoms with van der Waals surface area (Å²) < 4.78 is 0. The van der Waals surface area contributed by atoms with Crippen molar-refractivity contribution in [2.24, 2.45) is 5.92 Å². The molecule has 116 valence electrons. The van der Waals surface area contributed by atoms with Gasteiger partial charge in [0, 0.05) is 24.5 Å². The highest BCUT2D eigenvalue weighted by molar-refractivity contribution is 5.77. The van der Waals surface area contributed by atoms with Gasteiger partial charge in [0.15, 0.2) is 0 Å². The third-order valence-corrected chi connectivity index (χ3v) is 5.02. The Kier molecular flexibility index (Phi) is 6.34. The Morgan fingerprint density at radius 2 is 1.80 bits per heavy atom. The predicted octanol–water partition coefficient (Wildman–Crippen LogP) is 3.34. The zero-order chi connectivity index (χ0) is 14.4. The van der Waals surface area contributed by atoms with Crippen molar-refractivity contribution in [1.29, 1.82) is 0 Å². The minimum atomic E-state index is 0.107. The smallest absolute Gasteiger partial charge is 0.222 e. The van der Waals surface area contributed by atoms with Crippen LogP contribution in [0.25, 0.3) is 0 Å². The fraction of sp³-hybridized carbons (Fsp3) is 0.941. The van der Waals surface area contributed by atoms with E-state index in [-0.39, 0.29) is 11.8 Å². The van der Waals surface area contributed by atoms with Gasteiger partial charge >= 0.3 is 0 Å². The molecule has 0 aromatic carbocycles. The summed E-state index contributed by atoms with van der Waals surface area (Å²) in [5.41, 5.74) is 0. The third-order valence-electron chi connectivity index (χ3n) is 5.02. The zero-order valence-corrected chi connectivity index (χ0v) is 13.4. The maximum Gasteiger partial charge on any atom is 0.222 e. The van der Waals surface area contributed by atoms with Gasteiger partial charge in [-0.25, -0.2) is 0 Å². The molecule has 1 N–H and O–H groups in total. The molecule has 1 saturated heterocycles. The van der Waals surface area contributed by atoms with Crippen LogP contribution in [0.1, 0.15) is 71.6 Å². The van der Waals surface area contributed by atoms with Crippen LogP contribution in [-0.4, -0.2) is 36.0 Å². The van der Waals surface area contributed by atoms with E-state index < -0.39 is 0 Å². The Morgan fingerprint density at radius 1 is 1.10 bits per heavy atom. The number of likely N-dealkylation sites (tertiary alicyclic amines) is 1. The van der Waals surface area contributed by atoms with E-state index in [2.05, 4.69) is 10.2 Å². The number of rotatable bonds is 5. The molecule has 1 unspecified atom stereocenters. The molecule has 0 bridgehead atoms. The molecule has 0 radical (unpaired) electrons. The van der Waals surface area contributed by atoms with Crippen LogP contribution < -0.4 is 5.32 Å². The van der Waals surface area contributed by atoms with Crippen molar-refractivity contribution in [3.63, 3.8) is 0 Å². The molecule has 1 atom stereocenters. The normalized spacial score (nSPS) is 25.9. The van der Waals surface area contributed by atoms with Crippen molar-refractivity contribution in [2.45, 2.75) is 83.7 Å². The summed E-state index contributed by atoms with van der Waals surface area (Å²) in [5.74, 6) is 0.306. The highest BCUT2D eigenvalue weighted by atomic mass is 16.1. The number of hydrogen-bond acceptors (Lipinski definition) is 2. The molecular formula is C17H32N2O. The first kappa shape index (κ1) is 15.8. The average molecular weight is 280 g/mol. The number of carbonyl (C=O) groups is 1. The Labute approximate surface area is 124 Å². The van der Waals surface area contributed by atoms with Gasteiger partial charge in [-0.15, -0.1) is 0 Å². The van der Waals surface area contributed by atoms with Crippen molar-refractivity contribution < 1.29 is 4.79 Å². The van der Waals surface area contributed by atoms with Crippen LogP contribution in [0.2, 0.25) is 0 Å². The van der Waals surface area contributed by atoms with E-state index in [1.807, 2.05) is 13.8 Å². The van der Waals surface area contributed by atoms with Gasteiger partial charge in [0.05, 0.1) is 0 Å². The summed E-state index contributed by atoms with van der Waals surface area (Å²) in [6.07, 6.45) is 12.2. The fourth-order valence-corrected chi connectivity index (χ4v) is 3.79. The number of amides is 1. The lowest BCUT2D eigenvalue weighted by Crippen LogP contribution is -2.48. The van der Waals surface area contributed by atoms with Crippen molar-refractivity contribution >= 4 is 5.91 Å². The zero-order valence-electron chi connectivity index (χ0n) is 13.4. The lowest BCUT2D eigenvalue weighted by molar-refractivity contribution is -0.124. The van der Waals surface area contributed by atoms with E-state index in [4.69, 9.17) is 0 Å². The highest BCUT2D eigenvalue weighted by Gasteiger charge is 2.29. The number of nitrogens with zero attached hydrogens (tertiary/aromatic N) is 1. The molecule has 1 aliphatic carbocycles. The summed E-state index contributed by atoms with van der Waals surface area (Å²) >= 11 is 0. The van der Waals surface area contributed by atoms with E-state index in [0.29, 0.717) is 6.04 Å². The van der Waals surface area contributed by atoms with E-state index in [9.17, 15) is 4.79 Å². The lowest BCUT2D eigenvalue weighted by atomic mass is 9.89. The van der Waals surface area contributed by atoms with Gasteiger partial charge < -0.3 is 5.32 Å². The van der Waals surface area contributed by atoms with Gasteiger partial charge in [0.1, 0.15) is 0 Å². The summed E-state index contributed by atoms with van der Waals surface area (Å²) in [7, 11) is 0. The van der Waals surface area contributed by atoms with E-state index in [1.54, 1.807) is 0 Å². The molecule has 0 aromatic rings. The van der Waals surface area contributed by atoms with E-state index >= 15 is 0 Å². The number of carbonyl (C=O) groups excluding carboxylic acids is 1. The van der Waals surface area contributed by atoms with Crippen LogP contribution in [-0.2, 0) is 4.79 Å². The monoisotopic (exact) mass is 280 g/mol. The average Bonchev–Trinajstić information content (AvgIpc) is 2.48. The Morgan fingerprint density at radius 3 is 2.50 bits per heavy atom. The highest BCUT2D eigenvalue weighted by Crippen LogP contribution is 2.29. The quantitative estimate of drug-likeness (QED) is 0.837. The predicted molar refractivity (Wildman–Crippen MR) is 83.7 cm³/mol. The van der Waals surface area contributed by atoms with Crippen LogP contribution in [0.5, 0.6) is 0 Å². The second-order valence-corrected chi connectivity index (χ2v) is 6.91. The van der Waals surface area contributed by atoms with Gasteiger partial charge in [0.25, 0.3) is 0 Å². The molecule has 1 amide bonds. The van der Waals surface area contributed by atoms with Crippen molar-refractivity contribution in [3.8, 4) is 0 Å². The Balaban J connectivity index is 1.79. The van der Waals surface area contributed by atoms with Crippen LogP contribution in [0.3, 0.4) is 0 Å². The van der Waals surface area contributed by atoms with Crippen LogP contribution in [0.4, 0.5) is 0 Å². The molecule has 1 aliphatic heterocycles. The van der Waals surface area contributed by atoms with Crippen molar-refractivity contribution in [1.82, 2.24) is 10.2 Å². The molecule has 3 heteroatoms. The maximum atomic E-state index is 11.6. The minimum Gasteiger partial charge on any atom is -0.356 e. The minimum absolute atomic E-state index is 0.107. The molecule has 2 rings (SSSR count). The van der Waals surface area contributed by atoms with Crippen molar-refractivity contribution in [3.05, 3.63) is 0 Å².